The largest absolute Gasteiger partial charge is 0.404 e. The second-order valence-corrected chi connectivity index (χ2v) is 2.28. The molecule has 1 aliphatic rings. The van der Waals surface area contributed by atoms with E-state index in [2.05, 4.69) is 4.99 Å². The Bertz CT molecular complexity index is 156. The maximum Gasteiger partial charge on any atom is 0.0396 e. The fourth-order valence-electron chi connectivity index (χ4n) is 0.958. The van der Waals surface area contributed by atoms with Gasteiger partial charge < -0.3 is 5.73 Å². The lowest BCUT2D eigenvalue weighted by molar-refractivity contribution is 0.951. The number of nitrogens with zero attached hydrogens (tertiary/aromatic N) is 1. The van der Waals surface area contributed by atoms with Gasteiger partial charge in [-0.05, 0) is 31.5 Å². The van der Waals surface area contributed by atoms with Crippen molar-refractivity contribution in [2.45, 2.75) is 19.8 Å². The Kier molecular flexibility index (Phi) is 1.88. The van der Waals surface area contributed by atoms with Gasteiger partial charge in [-0.15, -0.1) is 0 Å². The molecule has 2 heteroatoms. The highest BCUT2D eigenvalue weighted by molar-refractivity contribution is 6.00. The first kappa shape index (κ1) is 6.33. The quantitative estimate of drug-likeness (QED) is 0.558. The van der Waals surface area contributed by atoms with Crippen LogP contribution in [0.25, 0.3) is 0 Å². The molecule has 0 saturated heterocycles. The molecule has 0 aliphatic carbocycles. The van der Waals surface area contributed by atoms with Crippen LogP contribution in [0.15, 0.2) is 16.8 Å². The molecule has 2 N–H and O–H groups in total. The number of hydrogen-bond acceptors (Lipinski definition) is 2. The van der Waals surface area contributed by atoms with Gasteiger partial charge in [-0.1, -0.05) is 0 Å². The summed E-state index contributed by atoms with van der Waals surface area (Å²) >= 11 is 0. The third-order valence-corrected chi connectivity index (χ3v) is 1.58. The third-order valence-electron chi connectivity index (χ3n) is 1.58. The van der Waals surface area contributed by atoms with Gasteiger partial charge in [-0.2, -0.15) is 0 Å². The third kappa shape index (κ3) is 1.31. The van der Waals surface area contributed by atoms with Crippen molar-refractivity contribution < 1.29 is 0 Å². The normalized spacial score (nSPS) is 20.1. The molecule has 0 fully saturated rings. The van der Waals surface area contributed by atoms with E-state index in [1.54, 1.807) is 6.20 Å². The van der Waals surface area contributed by atoms with Crippen molar-refractivity contribution in [2.75, 3.05) is 6.54 Å². The first-order valence-electron chi connectivity index (χ1n) is 3.27. The van der Waals surface area contributed by atoms with Crippen molar-refractivity contribution >= 4 is 5.71 Å². The van der Waals surface area contributed by atoms with E-state index in [4.69, 9.17) is 5.73 Å². The summed E-state index contributed by atoms with van der Waals surface area (Å²) in [6, 6.07) is 0. The predicted octanol–water partition coefficient (Wildman–Crippen LogP) is 1.08. The first-order valence-corrected chi connectivity index (χ1v) is 3.27. The van der Waals surface area contributed by atoms with Crippen molar-refractivity contribution in [3.05, 3.63) is 11.8 Å². The summed E-state index contributed by atoms with van der Waals surface area (Å²) < 4.78 is 0. The zero-order valence-corrected chi connectivity index (χ0v) is 5.72. The van der Waals surface area contributed by atoms with Crippen molar-refractivity contribution in [1.82, 2.24) is 0 Å². The molecular weight excluding hydrogens is 112 g/mol. The van der Waals surface area contributed by atoms with Gasteiger partial charge in [-0.3, -0.25) is 4.99 Å². The summed E-state index contributed by atoms with van der Waals surface area (Å²) in [5.41, 5.74) is 7.63. The number of nitrogens with two attached hydrogens (primary N) is 1. The number of hydrogen-bond donors (Lipinski definition) is 1. The molecular formula is C7H12N2. The zero-order valence-electron chi connectivity index (χ0n) is 5.72. The molecule has 0 atom stereocenters. The van der Waals surface area contributed by atoms with Crippen LogP contribution < -0.4 is 5.73 Å². The summed E-state index contributed by atoms with van der Waals surface area (Å²) in [7, 11) is 0. The first-order chi connectivity index (χ1) is 4.34. The number of rotatable bonds is 1. The van der Waals surface area contributed by atoms with Gasteiger partial charge in [0.1, 0.15) is 0 Å². The van der Waals surface area contributed by atoms with Crippen LogP contribution >= 0.6 is 0 Å². The van der Waals surface area contributed by atoms with E-state index in [0.29, 0.717) is 0 Å². The fourth-order valence-corrected chi connectivity index (χ4v) is 0.958. The second-order valence-electron chi connectivity index (χ2n) is 2.28. The molecule has 1 rings (SSSR count). The average Bonchev–Trinajstić information content (AvgIpc) is 2.37. The number of allylic oxidation sites excluding steroid dienone is 1. The molecule has 0 aromatic heterocycles. The summed E-state index contributed by atoms with van der Waals surface area (Å²) in [5.74, 6) is 0. The average molecular weight is 124 g/mol. The molecule has 0 saturated carbocycles. The second kappa shape index (κ2) is 2.67. The van der Waals surface area contributed by atoms with Gasteiger partial charge in [0.25, 0.3) is 0 Å². The molecule has 0 amide bonds. The maximum atomic E-state index is 5.31. The standard InChI is InChI=1S/C7H12N2/c1-6(5-8)7-3-2-4-9-7/h5H,2-4,8H2,1H3. The summed E-state index contributed by atoms with van der Waals surface area (Å²) in [5, 5.41) is 0. The summed E-state index contributed by atoms with van der Waals surface area (Å²) in [4.78, 5) is 4.27. The Morgan fingerprint density at radius 3 is 3.00 bits per heavy atom. The predicted molar refractivity (Wildman–Crippen MR) is 39.5 cm³/mol. The summed E-state index contributed by atoms with van der Waals surface area (Å²) in [6.45, 7) is 2.99. The monoisotopic (exact) mass is 124 g/mol. The molecule has 0 aromatic rings. The van der Waals surface area contributed by atoms with E-state index in [0.717, 1.165) is 18.5 Å². The SMILES string of the molecule is CC(=CN)C1=NCCC1. The Balaban J connectivity index is 2.61. The molecule has 0 aromatic carbocycles. The highest BCUT2D eigenvalue weighted by atomic mass is 14.8. The lowest BCUT2D eigenvalue weighted by Gasteiger charge is -1.95. The van der Waals surface area contributed by atoms with Crippen molar-refractivity contribution in [2.24, 2.45) is 10.7 Å². The van der Waals surface area contributed by atoms with Crippen LogP contribution in [0.5, 0.6) is 0 Å². The van der Waals surface area contributed by atoms with E-state index >= 15 is 0 Å². The fraction of sp³-hybridized carbons (Fsp3) is 0.571. The number of aliphatic imine (C=N–C) groups is 1. The van der Waals surface area contributed by atoms with E-state index in [-0.39, 0.29) is 0 Å². The van der Waals surface area contributed by atoms with Crippen molar-refractivity contribution in [3.63, 3.8) is 0 Å². The molecule has 0 radical (unpaired) electrons. The van der Waals surface area contributed by atoms with Gasteiger partial charge in [0, 0.05) is 12.3 Å². The van der Waals surface area contributed by atoms with E-state index in [1.165, 1.54) is 12.1 Å². The van der Waals surface area contributed by atoms with Crippen LogP contribution in [0.2, 0.25) is 0 Å². The van der Waals surface area contributed by atoms with Gasteiger partial charge in [0.15, 0.2) is 0 Å². The highest BCUT2D eigenvalue weighted by Crippen LogP contribution is 2.09. The Morgan fingerprint density at radius 1 is 1.78 bits per heavy atom. The van der Waals surface area contributed by atoms with Gasteiger partial charge in [0.2, 0.25) is 0 Å². The molecule has 0 bridgehead atoms. The van der Waals surface area contributed by atoms with Crippen LogP contribution in [-0.2, 0) is 0 Å². The van der Waals surface area contributed by atoms with Crippen LogP contribution in [-0.4, -0.2) is 12.3 Å². The molecule has 1 heterocycles. The highest BCUT2D eigenvalue weighted by Gasteiger charge is 2.06. The Hall–Kier alpha value is -0.790. The van der Waals surface area contributed by atoms with Crippen molar-refractivity contribution in [1.29, 1.82) is 0 Å². The van der Waals surface area contributed by atoms with E-state index < -0.39 is 0 Å². The van der Waals surface area contributed by atoms with Crippen molar-refractivity contribution in [3.8, 4) is 0 Å². The topological polar surface area (TPSA) is 38.4 Å². The van der Waals surface area contributed by atoms with E-state index in [1.807, 2.05) is 6.92 Å². The Morgan fingerprint density at radius 2 is 2.56 bits per heavy atom. The van der Waals surface area contributed by atoms with Gasteiger partial charge in [-0.25, -0.2) is 0 Å². The lowest BCUT2D eigenvalue weighted by Crippen LogP contribution is -1.97. The molecule has 0 unspecified atom stereocenters. The smallest absolute Gasteiger partial charge is 0.0396 e. The molecule has 50 valence electrons. The van der Waals surface area contributed by atoms with Gasteiger partial charge in [0.05, 0.1) is 0 Å². The molecule has 1 aliphatic heterocycles. The maximum absolute atomic E-state index is 5.31. The van der Waals surface area contributed by atoms with Crippen LogP contribution in [0.1, 0.15) is 19.8 Å². The van der Waals surface area contributed by atoms with E-state index in [9.17, 15) is 0 Å². The minimum absolute atomic E-state index is 0.987. The molecule has 0 spiro atoms. The minimum atomic E-state index is 0.987. The van der Waals surface area contributed by atoms with Crippen LogP contribution in [0, 0.1) is 0 Å². The van der Waals surface area contributed by atoms with Gasteiger partial charge >= 0.3 is 0 Å². The lowest BCUT2D eigenvalue weighted by atomic mass is 10.1. The molecule has 2 nitrogen and oxygen atoms in total. The minimum Gasteiger partial charge on any atom is -0.404 e. The van der Waals surface area contributed by atoms with Crippen LogP contribution in [0.4, 0.5) is 0 Å². The zero-order chi connectivity index (χ0) is 6.69. The molecule has 9 heavy (non-hydrogen) atoms. The Labute approximate surface area is 55.5 Å². The summed E-state index contributed by atoms with van der Waals surface area (Å²) in [6.07, 6.45) is 3.93. The van der Waals surface area contributed by atoms with Crippen LogP contribution in [0.3, 0.4) is 0 Å².